The van der Waals surface area contributed by atoms with Gasteiger partial charge in [0.15, 0.2) is 0 Å². The quantitative estimate of drug-likeness (QED) is 0.868. The Bertz CT molecular complexity index is 623. The molecule has 2 aromatic carbocycles. The first kappa shape index (κ1) is 15.9. The molecule has 0 heterocycles. The van der Waals surface area contributed by atoms with Crippen molar-refractivity contribution in [2.24, 2.45) is 0 Å². The van der Waals surface area contributed by atoms with Gasteiger partial charge in [0.1, 0.15) is 18.1 Å². The summed E-state index contributed by atoms with van der Waals surface area (Å²) < 4.78 is 12.1. The van der Waals surface area contributed by atoms with Crippen molar-refractivity contribution in [3.05, 3.63) is 57.6 Å². The van der Waals surface area contributed by atoms with E-state index in [1.807, 2.05) is 43.3 Å². The van der Waals surface area contributed by atoms with E-state index in [-0.39, 0.29) is 0 Å². The number of rotatable bonds is 5. The highest BCUT2D eigenvalue weighted by Gasteiger charge is 2.07. The second-order valence-corrected chi connectivity index (χ2v) is 5.80. The number of benzene rings is 2. The van der Waals surface area contributed by atoms with Crippen molar-refractivity contribution in [2.45, 2.75) is 26.6 Å². The van der Waals surface area contributed by atoms with Crippen molar-refractivity contribution < 1.29 is 14.6 Å². The minimum atomic E-state index is -0.467. The van der Waals surface area contributed by atoms with Crippen molar-refractivity contribution in [1.82, 2.24) is 0 Å². The van der Waals surface area contributed by atoms with E-state index < -0.39 is 6.10 Å². The zero-order valence-corrected chi connectivity index (χ0v) is 14.0. The van der Waals surface area contributed by atoms with Gasteiger partial charge in [-0.3, -0.25) is 0 Å². The average Bonchev–Trinajstić information content (AvgIpc) is 2.47. The molecule has 0 spiro atoms. The lowest BCUT2D eigenvalue weighted by molar-refractivity contribution is 0.199. The molecule has 2 rings (SSSR count). The van der Waals surface area contributed by atoms with Crippen molar-refractivity contribution >= 4 is 15.9 Å². The zero-order chi connectivity index (χ0) is 15.4. The van der Waals surface area contributed by atoms with Crippen molar-refractivity contribution in [2.75, 3.05) is 7.11 Å². The fraction of sp³-hybridized carbons (Fsp3) is 0.294. The maximum absolute atomic E-state index is 9.58. The van der Waals surface area contributed by atoms with E-state index in [1.54, 1.807) is 14.0 Å². The monoisotopic (exact) mass is 350 g/mol. The number of methoxy groups -OCH3 is 1. The van der Waals surface area contributed by atoms with Gasteiger partial charge in [-0.2, -0.15) is 0 Å². The highest BCUT2D eigenvalue weighted by molar-refractivity contribution is 9.10. The Hall–Kier alpha value is -1.52. The first-order valence-electron chi connectivity index (χ1n) is 6.75. The van der Waals surface area contributed by atoms with Gasteiger partial charge < -0.3 is 14.6 Å². The van der Waals surface area contributed by atoms with E-state index in [1.165, 1.54) is 0 Å². The number of aliphatic hydroxyl groups excluding tert-OH is 1. The van der Waals surface area contributed by atoms with Crippen LogP contribution in [-0.2, 0) is 6.61 Å². The van der Waals surface area contributed by atoms with E-state index in [2.05, 4.69) is 15.9 Å². The van der Waals surface area contributed by atoms with E-state index >= 15 is 0 Å². The van der Waals surface area contributed by atoms with Crippen LogP contribution in [0.1, 0.15) is 29.7 Å². The van der Waals surface area contributed by atoms with Crippen LogP contribution in [0.4, 0.5) is 0 Å². The minimum Gasteiger partial charge on any atom is -0.497 e. The van der Waals surface area contributed by atoms with Gasteiger partial charge in [-0.05, 0) is 55.3 Å². The van der Waals surface area contributed by atoms with Crippen LogP contribution in [0.5, 0.6) is 11.5 Å². The molecule has 0 fully saturated rings. The summed E-state index contributed by atoms with van der Waals surface area (Å²) in [6, 6.07) is 11.5. The molecule has 0 amide bonds. The molecule has 112 valence electrons. The van der Waals surface area contributed by atoms with Gasteiger partial charge in [-0.15, -0.1) is 0 Å². The molecule has 0 aliphatic rings. The van der Waals surface area contributed by atoms with Crippen LogP contribution < -0.4 is 9.47 Å². The molecular formula is C17H19BrO3. The van der Waals surface area contributed by atoms with Crippen LogP contribution in [0.15, 0.2) is 40.9 Å². The standard InChI is InChI=1S/C17H19BrO3/c1-11-8-13(12(2)19)4-7-17(11)21-10-14-9-15(20-3)5-6-16(14)18/h4-9,12,19H,10H2,1-3H3/t12-/m1/s1. The number of halogens is 1. The smallest absolute Gasteiger partial charge is 0.122 e. The summed E-state index contributed by atoms with van der Waals surface area (Å²) in [6.45, 7) is 4.18. The lowest BCUT2D eigenvalue weighted by Crippen LogP contribution is -2.00. The number of hydrogen-bond donors (Lipinski definition) is 1. The van der Waals surface area contributed by atoms with E-state index in [0.717, 1.165) is 32.7 Å². The molecule has 0 saturated carbocycles. The van der Waals surface area contributed by atoms with Gasteiger partial charge in [-0.1, -0.05) is 22.0 Å². The molecule has 2 aromatic rings. The molecule has 3 nitrogen and oxygen atoms in total. The SMILES string of the molecule is COc1ccc(Br)c(COc2ccc([C@@H](C)O)cc2C)c1. The lowest BCUT2D eigenvalue weighted by atomic mass is 10.1. The number of aliphatic hydroxyl groups is 1. The summed E-state index contributed by atoms with van der Waals surface area (Å²) in [5, 5.41) is 9.58. The molecule has 0 aliphatic carbocycles. The second-order valence-electron chi connectivity index (χ2n) is 4.95. The summed E-state index contributed by atoms with van der Waals surface area (Å²) in [4.78, 5) is 0. The van der Waals surface area contributed by atoms with Crippen LogP contribution in [0.3, 0.4) is 0 Å². The topological polar surface area (TPSA) is 38.7 Å². The molecule has 0 aromatic heterocycles. The van der Waals surface area contributed by atoms with Gasteiger partial charge in [0.25, 0.3) is 0 Å². The maximum atomic E-state index is 9.58. The predicted molar refractivity (Wildman–Crippen MR) is 86.8 cm³/mol. The fourth-order valence-electron chi connectivity index (χ4n) is 2.04. The molecule has 0 saturated heterocycles. The summed E-state index contributed by atoms with van der Waals surface area (Å²) in [6.07, 6.45) is -0.467. The van der Waals surface area contributed by atoms with Crippen molar-refractivity contribution in [1.29, 1.82) is 0 Å². The summed E-state index contributed by atoms with van der Waals surface area (Å²) in [5.74, 6) is 1.62. The Balaban J connectivity index is 2.13. The number of aryl methyl sites for hydroxylation is 1. The third-order valence-corrected chi connectivity index (χ3v) is 4.09. The minimum absolute atomic E-state index is 0.451. The van der Waals surface area contributed by atoms with E-state index in [0.29, 0.717) is 6.61 Å². The lowest BCUT2D eigenvalue weighted by Gasteiger charge is -2.13. The highest BCUT2D eigenvalue weighted by Crippen LogP contribution is 2.26. The third-order valence-electron chi connectivity index (χ3n) is 3.32. The summed E-state index contributed by atoms with van der Waals surface area (Å²) >= 11 is 3.51. The van der Waals surface area contributed by atoms with Crippen LogP contribution >= 0.6 is 15.9 Å². The predicted octanol–water partition coefficient (Wildman–Crippen LogP) is 4.40. The third kappa shape index (κ3) is 3.99. The Morgan fingerprint density at radius 3 is 2.57 bits per heavy atom. The van der Waals surface area contributed by atoms with E-state index in [9.17, 15) is 5.11 Å². The molecule has 1 atom stereocenters. The van der Waals surface area contributed by atoms with E-state index in [4.69, 9.17) is 9.47 Å². The summed E-state index contributed by atoms with van der Waals surface area (Å²) in [5.41, 5.74) is 2.92. The van der Waals surface area contributed by atoms with Gasteiger partial charge in [0.05, 0.1) is 13.2 Å². The normalized spacial score (nSPS) is 12.0. The van der Waals surface area contributed by atoms with Gasteiger partial charge in [-0.25, -0.2) is 0 Å². The highest BCUT2D eigenvalue weighted by atomic mass is 79.9. The molecule has 0 aliphatic heterocycles. The first-order valence-corrected chi connectivity index (χ1v) is 7.54. The number of hydrogen-bond acceptors (Lipinski definition) is 3. The molecule has 21 heavy (non-hydrogen) atoms. The van der Waals surface area contributed by atoms with Crippen LogP contribution in [0, 0.1) is 6.92 Å². The average molecular weight is 351 g/mol. The molecule has 0 unspecified atom stereocenters. The molecule has 1 N–H and O–H groups in total. The zero-order valence-electron chi connectivity index (χ0n) is 12.4. The molecule has 0 radical (unpaired) electrons. The Morgan fingerprint density at radius 2 is 1.95 bits per heavy atom. The van der Waals surface area contributed by atoms with Gasteiger partial charge in [0, 0.05) is 10.0 Å². The largest absolute Gasteiger partial charge is 0.497 e. The van der Waals surface area contributed by atoms with Gasteiger partial charge in [0.2, 0.25) is 0 Å². The second kappa shape index (κ2) is 6.96. The van der Waals surface area contributed by atoms with Crippen molar-refractivity contribution in [3.63, 3.8) is 0 Å². The summed E-state index contributed by atoms with van der Waals surface area (Å²) in [7, 11) is 1.65. The maximum Gasteiger partial charge on any atom is 0.122 e. The van der Waals surface area contributed by atoms with Gasteiger partial charge >= 0.3 is 0 Å². The Labute approximate surface area is 133 Å². The van der Waals surface area contributed by atoms with Crippen molar-refractivity contribution in [3.8, 4) is 11.5 Å². The molecule has 0 bridgehead atoms. The number of ether oxygens (including phenoxy) is 2. The van der Waals surface area contributed by atoms with Crippen LogP contribution in [0.2, 0.25) is 0 Å². The Morgan fingerprint density at radius 1 is 1.19 bits per heavy atom. The fourth-order valence-corrected chi connectivity index (χ4v) is 2.40. The van der Waals surface area contributed by atoms with Crippen LogP contribution in [0.25, 0.3) is 0 Å². The first-order chi connectivity index (χ1) is 10.0. The molecule has 4 heteroatoms. The van der Waals surface area contributed by atoms with Crippen LogP contribution in [-0.4, -0.2) is 12.2 Å². The Kier molecular flexibility index (Phi) is 5.26. The molecular weight excluding hydrogens is 332 g/mol.